The maximum absolute atomic E-state index is 6.57. The predicted molar refractivity (Wildman–Crippen MR) is 309 cm³/mol. The van der Waals surface area contributed by atoms with Crippen LogP contribution in [0.2, 0.25) is 0 Å². The fourth-order valence-electron chi connectivity index (χ4n) is 12.7. The summed E-state index contributed by atoms with van der Waals surface area (Å²) in [7, 11) is 0. The Hall–Kier alpha value is -7.76. The Morgan fingerprint density at radius 2 is 0.863 bits per heavy atom. The molecule has 0 bridgehead atoms. The van der Waals surface area contributed by atoms with Crippen LogP contribution in [0.1, 0.15) is 96.3 Å². The minimum Gasteiger partial charge on any atom is -0.455 e. The molecule has 73 heavy (non-hydrogen) atoms. The molecule has 356 valence electrons. The molecule has 1 saturated carbocycles. The number of benzene rings is 9. The van der Waals surface area contributed by atoms with Crippen LogP contribution in [0, 0.1) is 0 Å². The minimum absolute atomic E-state index is 0.0161. The van der Waals surface area contributed by atoms with Crippen molar-refractivity contribution in [2.75, 3.05) is 9.80 Å². The van der Waals surface area contributed by atoms with Crippen molar-refractivity contribution >= 4 is 101 Å². The van der Waals surface area contributed by atoms with E-state index in [0.29, 0.717) is 5.92 Å². The molecule has 0 saturated heterocycles. The number of nitrogens with zero attached hydrogens (tertiary/aromatic N) is 2. The lowest BCUT2D eigenvalue weighted by Gasteiger charge is -2.45. The van der Waals surface area contributed by atoms with Gasteiger partial charge in [0.25, 0.3) is 6.71 Å². The van der Waals surface area contributed by atoms with E-state index in [4.69, 9.17) is 8.83 Å². The molecule has 4 nitrogen and oxygen atoms in total. The number of rotatable bonds is 5. The van der Waals surface area contributed by atoms with Crippen molar-refractivity contribution in [2.45, 2.75) is 90.4 Å². The second-order valence-electron chi connectivity index (χ2n) is 23.1. The average Bonchev–Trinajstić information content (AvgIpc) is 3.99. The van der Waals surface area contributed by atoms with Gasteiger partial charge >= 0.3 is 0 Å². The smallest absolute Gasteiger partial charge is 0.252 e. The molecule has 2 aliphatic heterocycles. The lowest BCUT2D eigenvalue weighted by Crippen LogP contribution is -2.61. The standard InChI is InChI=1S/C68H59BN2O2/c1-67(2,3)46-30-36-58-56(40-46)69-57-41-47(68(4,5)6)31-37-59(57)71(49-34-28-44(29-35-49)51-21-15-23-55-53-19-11-13-25-63(53)73-66(51)55)61-39-45(42-16-8-7-9-17-42)38-60(64(61)69)70(58)48-32-26-43(27-33-48)50-20-14-22-54-52-18-10-12-24-62(52)72-65(50)54/h10-15,18-42H,7-9,16-17H2,1-6H3. The number of furan rings is 2. The highest BCUT2D eigenvalue weighted by Gasteiger charge is 2.45. The van der Waals surface area contributed by atoms with Crippen molar-refractivity contribution in [1.29, 1.82) is 0 Å². The van der Waals surface area contributed by atoms with E-state index in [1.54, 1.807) is 0 Å². The van der Waals surface area contributed by atoms with E-state index in [1.165, 1.54) is 87.9 Å². The monoisotopic (exact) mass is 946 g/mol. The number of anilines is 6. The Labute approximate surface area is 429 Å². The van der Waals surface area contributed by atoms with Gasteiger partial charge in [0.1, 0.15) is 22.3 Å². The number of hydrogen-bond donors (Lipinski definition) is 0. The maximum Gasteiger partial charge on any atom is 0.252 e. The second kappa shape index (κ2) is 16.4. The number of para-hydroxylation sites is 4. The van der Waals surface area contributed by atoms with Gasteiger partial charge in [0, 0.05) is 66.8 Å². The molecule has 0 atom stereocenters. The molecule has 5 heteroatoms. The second-order valence-corrected chi connectivity index (χ2v) is 23.1. The van der Waals surface area contributed by atoms with Gasteiger partial charge in [-0.2, -0.15) is 0 Å². The summed E-state index contributed by atoms with van der Waals surface area (Å²) in [6, 6.07) is 68.3. The molecule has 0 unspecified atom stereocenters. The van der Waals surface area contributed by atoms with E-state index in [1.807, 2.05) is 0 Å². The van der Waals surface area contributed by atoms with E-state index < -0.39 is 0 Å². The van der Waals surface area contributed by atoms with Crippen molar-refractivity contribution in [3.05, 3.63) is 199 Å². The lowest BCUT2D eigenvalue weighted by atomic mass is 9.33. The molecular formula is C68H59BN2O2. The summed E-state index contributed by atoms with van der Waals surface area (Å²) < 4.78 is 13.1. The van der Waals surface area contributed by atoms with Gasteiger partial charge in [-0.05, 0) is 134 Å². The molecule has 11 aromatic rings. The first kappa shape index (κ1) is 44.0. The zero-order valence-electron chi connectivity index (χ0n) is 42.7. The Bertz CT molecular complexity index is 3740. The van der Waals surface area contributed by atoms with Gasteiger partial charge in [-0.15, -0.1) is 0 Å². The average molecular weight is 947 g/mol. The highest BCUT2D eigenvalue weighted by Crippen LogP contribution is 2.49. The van der Waals surface area contributed by atoms with E-state index in [9.17, 15) is 0 Å². The van der Waals surface area contributed by atoms with Crippen molar-refractivity contribution in [2.24, 2.45) is 0 Å². The SMILES string of the molecule is CC(C)(C)c1ccc2c(c1)B1c3cc(C(C)(C)C)ccc3N(c3ccc(-c4cccc5c4oc4ccccc45)cc3)c3cc(C4CCCCC4)cc(c31)N2c1ccc(-c2cccc3c2oc2ccccc23)cc1. The van der Waals surface area contributed by atoms with Crippen LogP contribution in [0.25, 0.3) is 66.1 Å². The molecule has 1 aliphatic carbocycles. The van der Waals surface area contributed by atoms with E-state index in [0.717, 1.165) is 77.5 Å². The summed E-state index contributed by atoms with van der Waals surface area (Å²) in [4.78, 5) is 5.20. The van der Waals surface area contributed by atoms with E-state index in [2.05, 4.69) is 233 Å². The maximum atomic E-state index is 6.57. The Morgan fingerprint density at radius 3 is 1.32 bits per heavy atom. The molecule has 4 heterocycles. The molecule has 14 rings (SSSR count). The molecule has 9 aromatic carbocycles. The van der Waals surface area contributed by atoms with Gasteiger partial charge in [0.15, 0.2) is 0 Å². The largest absolute Gasteiger partial charge is 0.455 e. The number of fused-ring (bicyclic) bond motifs is 10. The molecule has 2 aromatic heterocycles. The van der Waals surface area contributed by atoms with E-state index >= 15 is 0 Å². The van der Waals surface area contributed by atoms with Crippen LogP contribution in [0.5, 0.6) is 0 Å². The van der Waals surface area contributed by atoms with Crippen LogP contribution in [0.4, 0.5) is 34.1 Å². The minimum atomic E-state index is -0.0433. The predicted octanol–water partition coefficient (Wildman–Crippen LogP) is 17.5. The normalized spacial score (nSPS) is 14.8. The summed E-state index contributed by atoms with van der Waals surface area (Å²) in [5.41, 5.74) is 23.6. The van der Waals surface area contributed by atoms with Gasteiger partial charge in [0.2, 0.25) is 0 Å². The Kier molecular flexibility index (Phi) is 9.87. The summed E-state index contributed by atoms with van der Waals surface area (Å²) in [5.74, 6) is 0.491. The van der Waals surface area contributed by atoms with Crippen LogP contribution in [-0.2, 0) is 10.8 Å². The highest BCUT2D eigenvalue weighted by atomic mass is 16.3. The third-order valence-corrected chi connectivity index (χ3v) is 16.6. The quantitative estimate of drug-likeness (QED) is 0.161. The van der Waals surface area contributed by atoms with Gasteiger partial charge in [0.05, 0.1) is 0 Å². The molecule has 1 fully saturated rings. The summed E-state index contributed by atoms with van der Waals surface area (Å²) >= 11 is 0. The van der Waals surface area contributed by atoms with Gasteiger partial charge < -0.3 is 18.6 Å². The zero-order valence-corrected chi connectivity index (χ0v) is 42.7. The molecule has 0 amide bonds. The third-order valence-electron chi connectivity index (χ3n) is 16.6. The van der Waals surface area contributed by atoms with Crippen molar-refractivity contribution < 1.29 is 8.83 Å². The molecular weight excluding hydrogens is 888 g/mol. The fourth-order valence-corrected chi connectivity index (χ4v) is 12.7. The van der Waals surface area contributed by atoms with Crippen molar-refractivity contribution in [3.8, 4) is 22.3 Å². The highest BCUT2D eigenvalue weighted by molar-refractivity contribution is 7.00. The van der Waals surface area contributed by atoms with Gasteiger partial charge in [-0.25, -0.2) is 0 Å². The first-order chi connectivity index (χ1) is 35.5. The Balaban J connectivity index is 0.991. The first-order valence-corrected chi connectivity index (χ1v) is 26.5. The van der Waals surface area contributed by atoms with Gasteiger partial charge in [-0.3, -0.25) is 0 Å². The molecule has 0 radical (unpaired) electrons. The molecule has 0 N–H and O–H groups in total. The van der Waals surface area contributed by atoms with Crippen LogP contribution in [0.3, 0.4) is 0 Å². The third kappa shape index (κ3) is 7.02. The van der Waals surface area contributed by atoms with E-state index in [-0.39, 0.29) is 17.5 Å². The summed E-state index contributed by atoms with van der Waals surface area (Å²) in [6.45, 7) is 14.1. The Morgan fingerprint density at radius 1 is 0.425 bits per heavy atom. The topological polar surface area (TPSA) is 32.8 Å². The van der Waals surface area contributed by atoms with Crippen LogP contribution in [0.15, 0.2) is 191 Å². The molecule has 3 aliphatic rings. The molecule has 0 spiro atoms. The summed E-state index contributed by atoms with van der Waals surface area (Å²) in [5, 5.41) is 4.58. The van der Waals surface area contributed by atoms with Crippen LogP contribution >= 0.6 is 0 Å². The summed E-state index contributed by atoms with van der Waals surface area (Å²) in [6.07, 6.45) is 6.26. The van der Waals surface area contributed by atoms with Crippen LogP contribution < -0.4 is 26.2 Å². The van der Waals surface area contributed by atoms with Gasteiger partial charge in [-0.1, -0.05) is 182 Å². The first-order valence-electron chi connectivity index (χ1n) is 26.5. The number of hydrogen-bond acceptors (Lipinski definition) is 4. The van der Waals surface area contributed by atoms with Crippen molar-refractivity contribution in [3.63, 3.8) is 0 Å². The van der Waals surface area contributed by atoms with Crippen LogP contribution in [-0.4, -0.2) is 6.71 Å². The van der Waals surface area contributed by atoms with Crippen molar-refractivity contribution in [1.82, 2.24) is 0 Å². The fraction of sp³-hybridized carbons (Fsp3) is 0.206. The lowest BCUT2D eigenvalue weighted by molar-refractivity contribution is 0.444. The zero-order chi connectivity index (χ0) is 49.3.